The van der Waals surface area contributed by atoms with Gasteiger partial charge >= 0.3 is 0 Å². The molecule has 128 valence electrons. The van der Waals surface area contributed by atoms with Crippen molar-refractivity contribution in [3.05, 3.63) is 58.7 Å². The molecule has 0 nitrogen and oxygen atoms in total. The molecule has 1 saturated carbocycles. The molecule has 2 aromatic rings. The van der Waals surface area contributed by atoms with Gasteiger partial charge in [-0.3, -0.25) is 0 Å². The van der Waals surface area contributed by atoms with Gasteiger partial charge in [-0.25, -0.2) is 8.78 Å². The normalized spacial score (nSPS) is 21.0. The highest BCUT2D eigenvalue weighted by Gasteiger charge is 2.19. The van der Waals surface area contributed by atoms with Gasteiger partial charge in [0.15, 0.2) is 11.6 Å². The summed E-state index contributed by atoms with van der Waals surface area (Å²) in [5.41, 5.74) is 4.57. The van der Waals surface area contributed by atoms with Gasteiger partial charge in [0, 0.05) is 0 Å². The number of halogens is 2. The lowest BCUT2D eigenvalue weighted by atomic mass is 9.80. The first kappa shape index (κ1) is 17.1. The molecular formula is C22H26F2. The molecule has 0 N–H and O–H groups in total. The Morgan fingerprint density at radius 2 is 1.62 bits per heavy atom. The Morgan fingerprint density at radius 3 is 2.25 bits per heavy atom. The van der Waals surface area contributed by atoms with Crippen LogP contribution in [0.3, 0.4) is 0 Å². The quantitative estimate of drug-likeness (QED) is 0.594. The Labute approximate surface area is 143 Å². The van der Waals surface area contributed by atoms with Crippen LogP contribution in [0, 0.1) is 37.3 Å². The highest BCUT2D eigenvalue weighted by atomic mass is 19.2. The second-order valence-electron chi connectivity index (χ2n) is 7.57. The zero-order chi connectivity index (χ0) is 17.3. The van der Waals surface area contributed by atoms with Gasteiger partial charge in [-0.1, -0.05) is 38.0 Å². The van der Waals surface area contributed by atoms with Gasteiger partial charge in [0.25, 0.3) is 0 Å². The second kappa shape index (κ2) is 7.04. The van der Waals surface area contributed by atoms with Crippen LogP contribution in [0.2, 0.25) is 0 Å². The largest absolute Gasteiger partial charge is 0.204 e. The van der Waals surface area contributed by atoms with Crippen molar-refractivity contribution < 1.29 is 8.78 Å². The van der Waals surface area contributed by atoms with Gasteiger partial charge in [-0.2, -0.15) is 0 Å². The standard InChI is InChI=1S/C22H26F2/c1-14-4-6-17(7-5-14)12-18-8-9-20(15(2)10-18)19-11-16(3)22(24)21(23)13-19/h8-11,13-14,17H,4-7,12H2,1-3H3. The monoisotopic (exact) mass is 328 g/mol. The SMILES string of the molecule is Cc1cc(CC2CCC(C)CC2)ccc1-c1cc(C)c(F)c(F)c1. The predicted octanol–water partition coefficient (Wildman–Crippen LogP) is 6.62. The molecule has 0 spiro atoms. The van der Waals surface area contributed by atoms with Crippen LogP contribution < -0.4 is 0 Å². The van der Waals surface area contributed by atoms with Crippen LogP contribution in [0.1, 0.15) is 49.3 Å². The molecule has 0 saturated heterocycles. The fourth-order valence-electron chi connectivity index (χ4n) is 3.93. The second-order valence-corrected chi connectivity index (χ2v) is 7.57. The van der Waals surface area contributed by atoms with Gasteiger partial charge < -0.3 is 0 Å². The molecule has 0 unspecified atom stereocenters. The zero-order valence-corrected chi connectivity index (χ0v) is 14.8. The van der Waals surface area contributed by atoms with Gasteiger partial charge in [0.05, 0.1) is 0 Å². The van der Waals surface area contributed by atoms with Crippen LogP contribution in [-0.2, 0) is 6.42 Å². The molecule has 0 atom stereocenters. The first-order valence-electron chi connectivity index (χ1n) is 8.99. The van der Waals surface area contributed by atoms with E-state index in [9.17, 15) is 8.78 Å². The lowest BCUT2D eigenvalue weighted by molar-refractivity contribution is 0.289. The van der Waals surface area contributed by atoms with E-state index in [0.29, 0.717) is 5.56 Å². The maximum atomic E-state index is 13.7. The molecule has 1 fully saturated rings. The summed E-state index contributed by atoms with van der Waals surface area (Å²) in [6, 6.07) is 9.44. The molecule has 0 amide bonds. The average Bonchev–Trinajstić information content (AvgIpc) is 2.54. The first-order chi connectivity index (χ1) is 11.4. The summed E-state index contributed by atoms with van der Waals surface area (Å²) in [6.07, 6.45) is 6.46. The highest BCUT2D eigenvalue weighted by molar-refractivity contribution is 5.68. The van der Waals surface area contributed by atoms with E-state index in [1.165, 1.54) is 37.3 Å². The van der Waals surface area contributed by atoms with Gasteiger partial charge in [-0.05, 0) is 84.9 Å². The van der Waals surface area contributed by atoms with Crippen LogP contribution >= 0.6 is 0 Å². The molecule has 1 aliphatic carbocycles. The number of hydrogen-bond acceptors (Lipinski definition) is 0. The van der Waals surface area contributed by atoms with Crippen molar-refractivity contribution in [2.45, 2.75) is 52.9 Å². The minimum atomic E-state index is -0.773. The molecule has 0 heterocycles. The van der Waals surface area contributed by atoms with Crippen LogP contribution in [-0.4, -0.2) is 0 Å². The van der Waals surface area contributed by atoms with Crippen molar-refractivity contribution in [1.29, 1.82) is 0 Å². The minimum Gasteiger partial charge on any atom is -0.204 e. The van der Waals surface area contributed by atoms with Crippen LogP contribution in [0.5, 0.6) is 0 Å². The maximum absolute atomic E-state index is 13.7. The molecule has 2 heteroatoms. The van der Waals surface area contributed by atoms with Crippen molar-refractivity contribution in [2.75, 3.05) is 0 Å². The summed E-state index contributed by atoms with van der Waals surface area (Å²) >= 11 is 0. The van der Waals surface area contributed by atoms with Crippen molar-refractivity contribution in [2.24, 2.45) is 11.8 Å². The van der Waals surface area contributed by atoms with Crippen molar-refractivity contribution in [3.8, 4) is 11.1 Å². The van der Waals surface area contributed by atoms with E-state index in [2.05, 4.69) is 32.0 Å². The van der Waals surface area contributed by atoms with Crippen molar-refractivity contribution >= 4 is 0 Å². The van der Waals surface area contributed by atoms with Gasteiger partial charge in [0.1, 0.15) is 0 Å². The molecular weight excluding hydrogens is 302 g/mol. The van der Waals surface area contributed by atoms with Crippen LogP contribution in [0.4, 0.5) is 8.78 Å². The Kier molecular flexibility index (Phi) is 5.03. The van der Waals surface area contributed by atoms with E-state index in [1.54, 1.807) is 13.0 Å². The smallest absolute Gasteiger partial charge is 0.161 e. The third-order valence-electron chi connectivity index (χ3n) is 5.47. The zero-order valence-electron chi connectivity index (χ0n) is 14.8. The predicted molar refractivity (Wildman–Crippen MR) is 96.1 cm³/mol. The number of aryl methyl sites for hydroxylation is 2. The van der Waals surface area contributed by atoms with E-state index in [0.717, 1.165) is 34.9 Å². The van der Waals surface area contributed by atoms with Crippen molar-refractivity contribution in [3.63, 3.8) is 0 Å². The molecule has 2 aromatic carbocycles. The average molecular weight is 328 g/mol. The van der Waals surface area contributed by atoms with E-state index in [-0.39, 0.29) is 0 Å². The van der Waals surface area contributed by atoms with Crippen LogP contribution in [0.15, 0.2) is 30.3 Å². The number of hydrogen-bond donors (Lipinski definition) is 0. The molecule has 0 aromatic heterocycles. The molecule has 24 heavy (non-hydrogen) atoms. The summed E-state index contributed by atoms with van der Waals surface area (Å²) < 4.78 is 27.2. The third-order valence-corrected chi connectivity index (χ3v) is 5.47. The Morgan fingerprint density at radius 1 is 0.917 bits per heavy atom. The number of rotatable bonds is 3. The molecule has 1 aliphatic rings. The van der Waals surface area contributed by atoms with Gasteiger partial charge in [0.2, 0.25) is 0 Å². The molecule has 3 rings (SSSR count). The van der Waals surface area contributed by atoms with E-state index >= 15 is 0 Å². The minimum absolute atomic E-state index is 0.352. The fraction of sp³-hybridized carbons (Fsp3) is 0.455. The highest BCUT2D eigenvalue weighted by Crippen LogP contribution is 2.32. The lowest BCUT2D eigenvalue weighted by Gasteiger charge is -2.26. The molecule has 0 bridgehead atoms. The maximum Gasteiger partial charge on any atom is 0.161 e. The van der Waals surface area contributed by atoms with E-state index in [4.69, 9.17) is 0 Å². The summed E-state index contributed by atoms with van der Waals surface area (Å²) in [7, 11) is 0. The van der Waals surface area contributed by atoms with E-state index < -0.39 is 11.6 Å². The number of benzene rings is 2. The summed E-state index contributed by atoms with van der Waals surface area (Å²) in [6.45, 7) is 6.01. The summed E-state index contributed by atoms with van der Waals surface area (Å²) in [5.74, 6) is 0.142. The molecule has 0 radical (unpaired) electrons. The summed E-state index contributed by atoms with van der Waals surface area (Å²) in [5, 5.41) is 0. The Bertz CT molecular complexity index is 702. The third kappa shape index (κ3) is 3.68. The topological polar surface area (TPSA) is 0 Å². The first-order valence-corrected chi connectivity index (χ1v) is 8.99. The molecule has 0 aliphatic heterocycles. The Balaban J connectivity index is 1.80. The fourth-order valence-corrected chi connectivity index (χ4v) is 3.93. The van der Waals surface area contributed by atoms with Crippen LogP contribution in [0.25, 0.3) is 11.1 Å². The summed E-state index contributed by atoms with van der Waals surface area (Å²) in [4.78, 5) is 0. The lowest BCUT2D eigenvalue weighted by Crippen LogP contribution is -2.14. The van der Waals surface area contributed by atoms with Crippen molar-refractivity contribution in [1.82, 2.24) is 0 Å². The van der Waals surface area contributed by atoms with E-state index in [1.807, 2.05) is 0 Å². The van der Waals surface area contributed by atoms with Gasteiger partial charge in [-0.15, -0.1) is 0 Å². The Hall–Kier alpha value is -1.70.